The van der Waals surface area contributed by atoms with E-state index in [0.29, 0.717) is 5.69 Å². The van der Waals surface area contributed by atoms with Crippen LogP contribution in [-0.2, 0) is 14.8 Å². The lowest BCUT2D eigenvalue weighted by atomic mass is 10.4. The van der Waals surface area contributed by atoms with Gasteiger partial charge in [0.1, 0.15) is 0 Å². The number of amides is 1. The van der Waals surface area contributed by atoms with Gasteiger partial charge in [0.05, 0.1) is 11.9 Å². The van der Waals surface area contributed by atoms with Gasteiger partial charge in [0, 0.05) is 20.2 Å². The molecule has 10 heteroatoms. The van der Waals surface area contributed by atoms with E-state index < -0.39 is 10.0 Å². The first kappa shape index (κ1) is 14.3. The number of rotatable bonds is 4. The van der Waals surface area contributed by atoms with Crippen LogP contribution in [0, 0.1) is 0 Å². The first-order chi connectivity index (χ1) is 9.41. The summed E-state index contributed by atoms with van der Waals surface area (Å²) in [5.41, 5.74) is 0.406. The van der Waals surface area contributed by atoms with Gasteiger partial charge in [-0.3, -0.25) is 14.1 Å². The zero-order valence-corrected chi connectivity index (χ0v) is 12.3. The minimum Gasteiger partial charge on any atom is -0.301 e. The first-order valence-corrected chi connectivity index (χ1v) is 7.67. The lowest BCUT2D eigenvalue weighted by Crippen LogP contribution is -2.26. The lowest BCUT2D eigenvalue weighted by molar-refractivity contribution is -0.114. The third-order valence-electron chi connectivity index (χ3n) is 2.28. The number of nitrogens with one attached hydrogen (secondary N) is 1. The number of hydrogen-bond donors (Lipinski definition) is 1. The number of carbonyl (C=O) groups is 1. The Morgan fingerprint density at radius 2 is 2.15 bits per heavy atom. The van der Waals surface area contributed by atoms with E-state index in [1.807, 2.05) is 0 Å². The van der Waals surface area contributed by atoms with Crippen molar-refractivity contribution in [2.75, 3.05) is 16.7 Å². The van der Waals surface area contributed by atoms with Gasteiger partial charge in [0.2, 0.25) is 11.0 Å². The number of pyridine rings is 1. The van der Waals surface area contributed by atoms with Crippen LogP contribution >= 0.6 is 11.3 Å². The SMILES string of the molecule is CC(=O)Nc1nnc(S(=O)(=O)N(C)c2cccnc2)s1. The van der Waals surface area contributed by atoms with Crippen LogP contribution in [0.25, 0.3) is 0 Å². The van der Waals surface area contributed by atoms with Gasteiger partial charge >= 0.3 is 0 Å². The van der Waals surface area contributed by atoms with Gasteiger partial charge in [-0.25, -0.2) is 0 Å². The molecular weight excluding hydrogens is 302 g/mol. The third kappa shape index (κ3) is 2.91. The van der Waals surface area contributed by atoms with E-state index in [2.05, 4.69) is 20.5 Å². The molecule has 0 radical (unpaired) electrons. The monoisotopic (exact) mass is 313 g/mol. The minimum absolute atomic E-state index is 0.135. The van der Waals surface area contributed by atoms with Crippen molar-refractivity contribution in [2.45, 2.75) is 11.3 Å². The number of carbonyl (C=O) groups excluding carboxylic acids is 1. The molecule has 0 saturated heterocycles. The minimum atomic E-state index is -3.82. The Morgan fingerprint density at radius 1 is 1.40 bits per heavy atom. The number of sulfonamides is 1. The smallest absolute Gasteiger partial charge is 0.293 e. The molecule has 1 amide bonds. The van der Waals surface area contributed by atoms with Gasteiger partial charge in [-0.2, -0.15) is 8.42 Å². The Morgan fingerprint density at radius 3 is 2.75 bits per heavy atom. The van der Waals surface area contributed by atoms with Crippen LogP contribution in [0.4, 0.5) is 10.8 Å². The standard InChI is InChI=1S/C10H11N5O3S2/c1-7(16)12-9-13-14-10(19-9)20(17,18)15(2)8-4-3-5-11-6-8/h3-6H,1-2H3,(H,12,13,16). The van der Waals surface area contributed by atoms with E-state index in [1.165, 1.54) is 20.2 Å². The maximum atomic E-state index is 12.3. The summed E-state index contributed by atoms with van der Waals surface area (Å²) >= 11 is 0.787. The topological polar surface area (TPSA) is 105 Å². The maximum absolute atomic E-state index is 12.3. The molecule has 0 spiro atoms. The Hall–Kier alpha value is -2.07. The summed E-state index contributed by atoms with van der Waals surface area (Å²) in [7, 11) is -2.43. The van der Waals surface area contributed by atoms with Crippen molar-refractivity contribution >= 4 is 38.1 Å². The zero-order chi connectivity index (χ0) is 14.8. The van der Waals surface area contributed by atoms with Crippen molar-refractivity contribution < 1.29 is 13.2 Å². The third-order valence-corrected chi connectivity index (χ3v) is 5.25. The average Bonchev–Trinajstić information content (AvgIpc) is 2.87. The highest BCUT2D eigenvalue weighted by atomic mass is 32.2. The summed E-state index contributed by atoms with van der Waals surface area (Å²) in [4.78, 5) is 14.7. The normalized spacial score (nSPS) is 11.1. The van der Waals surface area contributed by atoms with Gasteiger partial charge in [-0.15, -0.1) is 10.2 Å². The van der Waals surface area contributed by atoms with Crippen molar-refractivity contribution in [2.24, 2.45) is 0 Å². The van der Waals surface area contributed by atoms with Crippen LogP contribution in [0.5, 0.6) is 0 Å². The molecule has 0 bridgehead atoms. The summed E-state index contributed by atoms with van der Waals surface area (Å²) in [6.07, 6.45) is 2.97. The van der Waals surface area contributed by atoms with Crippen LogP contribution in [-0.4, -0.2) is 36.6 Å². The van der Waals surface area contributed by atoms with Crippen molar-refractivity contribution in [1.29, 1.82) is 0 Å². The van der Waals surface area contributed by atoms with E-state index in [9.17, 15) is 13.2 Å². The predicted octanol–water partition coefficient (Wildman–Crippen LogP) is 0.717. The van der Waals surface area contributed by atoms with Crippen LogP contribution in [0.3, 0.4) is 0 Å². The second-order valence-electron chi connectivity index (χ2n) is 3.74. The summed E-state index contributed by atoms with van der Waals surface area (Å²) in [6, 6.07) is 3.24. The van der Waals surface area contributed by atoms with Gasteiger partial charge in [-0.1, -0.05) is 11.3 Å². The number of nitrogens with zero attached hydrogens (tertiary/aromatic N) is 4. The van der Waals surface area contributed by atoms with Crippen molar-refractivity contribution in [3.8, 4) is 0 Å². The second kappa shape index (κ2) is 5.51. The van der Waals surface area contributed by atoms with E-state index in [0.717, 1.165) is 15.6 Å². The highest BCUT2D eigenvalue weighted by molar-refractivity contribution is 7.94. The van der Waals surface area contributed by atoms with Gasteiger partial charge in [-0.05, 0) is 12.1 Å². The van der Waals surface area contributed by atoms with Gasteiger partial charge in [0.25, 0.3) is 14.4 Å². The lowest BCUT2D eigenvalue weighted by Gasteiger charge is -2.16. The van der Waals surface area contributed by atoms with Crippen LogP contribution < -0.4 is 9.62 Å². The fourth-order valence-electron chi connectivity index (χ4n) is 1.31. The Balaban J connectivity index is 2.31. The van der Waals surface area contributed by atoms with Gasteiger partial charge in [0.15, 0.2) is 0 Å². The second-order valence-corrected chi connectivity index (χ2v) is 6.86. The van der Waals surface area contributed by atoms with E-state index in [1.54, 1.807) is 18.3 Å². The molecule has 0 unspecified atom stereocenters. The highest BCUT2D eigenvalue weighted by Gasteiger charge is 2.26. The molecular formula is C10H11N5O3S2. The predicted molar refractivity (Wildman–Crippen MR) is 74.0 cm³/mol. The molecule has 2 rings (SSSR count). The first-order valence-electron chi connectivity index (χ1n) is 5.41. The summed E-state index contributed by atoms with van der Waals surface area (Å²) in [5, 5.41) is 9.73. The molecule has 0 aliphatic rings. The Labute approximate surface area is 119 Å². The molecule has 106 valence electrons. The van der Waals surface area contributed by atoms with Crippen LogP contribution in [0.2, 0.25) is 0 Å². The van der Waals surface area contributed by atoms with E-state index in [4.69, 9.17) is 0 Å². The number of hydrogen-bond acceptors (Lipinski definition) is 7. The van der Waals surface area contributed by atoms with Gasteiger partial charge < -0.3 is 5.32 Å². The molecule has 0 atom stereocenters. The van der Waals surface area contributed by atoms with Crippen LogP contribution in [0.15, 0.2) is 28.9 Å². The molecule has 0 fully saturated rings. The van der Waals surface area contributed by atoms with Crippen molar-refractivity contribution in [1.82, 2.24) is 15.2 Å². The molecule has 1 N–H and O–H groups in total. The molecule has 20 heavy (non-hydrogen) atoms. The molecule has 8 nitrogen and oxygen atoms in total. The van der Waals surface area contributed by atoms with Crippen molar-refractivity contribution in [3.05, 3.63) is 24.5 Å². The number of anilines is 2. The fraction of sp³-hybridized carbons (Fsp3) is 0.200. The molecule has 0 aromatic carbocycles. The highest BCUT2D eigenvalue weighted by Crippen LogP contribution is 2.25. The van der Waals surface area contributed by atoms with E-state index >= 15 is 0 Å². The summed E-state index contributed by atoms with van der Waals surface area (Å²) in [5.74, 6) is -0.342. The number of aromatic nitrogens is 3. The molecule has 0 aliphatic heterocycles. The van der Waals surface area contributed by atoms with E-state index in [-0.39, 0.29) is 15.4 Å². The molecule has 0 saturated carbocycles. The molecule has 2 aromatic rings. The molecule has 0 aliphatic carbocycles. The molecule has 2 heterocycles. The Bertz CT molecular complexity index is 714. The van der Waals surface area contributed by atoms with Crippen LogP contribution in [0.1, 0.15) is 6.92 Å². The fourth-order valence-corrected chi connectivity index (χ4v) is 3.59. The quantitative estimate of drug-likeness (QED) is 0.834. The zero-order valence-electron chi connectivity index (χ0n) is 10.6. The Kier molecular flexibility index (Phi) is 3.95. The van der Waals surface area contributed by atoms with Crippen molar-refractivity contribution in [3.63, 3.8) is 0 Å². The average molecular weight is 313 g/mol. The summed E-state index contributed by atoms with van der Waals surface area (Å²) in [6.45, 7) is 1.30. The molecule has 2 aromatic heterocycles. The summed E-state index contributed by atoms with van der Waals surface area (Å²) < 4.78 is 25.5. The maximum Gasteiger partial charge on any atom is 0.293 e. The largest absolute Gasteiger partial charge is 0.301 e.